The molecular formula is C19H30N2. The Bertz CT molecular complexity index is 446. The Labute approximate surface area is 130 Å². The highest BCUT2D eigenvalue weighted by Crippen LogP contribution is 2.23. The molecule has 1 N–H and O–H groups in total. The molecule has 1 fully saturated rings. The molecule has 116 valence electrons. The fraction of sp³-hybridized carbons (Fsp3) is 0.579. The molecule has 0 amide bonds. The predicted octanol–water partition coefficient (Wildman–Crippen LogP) is 4.01. The smallest absolute Gasteiger partial charge is 0.0450 e. The van der Waals surface area contributed by atoms with Gasteiger partial charge in [-0.1, -0.05) is 55.8 Å². The maximum absolute atomic E-state index is 3.75. The molecule has 2 atom stereocenters. The van der Waals surface area contributed by atoms with Crippen LogP contribution in [0, 0.1) is 5.92 Å². The van der Waals surface area contributed by atoms with Crippen LogP contribution in [-0.4, -0.2) is 30.6 Å². The van der Waals surface area contributed by atoms with E-state index in [1.54, 1.807) is 0 Å². The van der Waals surface area contributed by atoms with Gasteiger partial charge in [-0.25, -0.2) is 0 Å². The summed E-state index contributed by atoms with van der Waals surface area (Å²) < 4.78 is 0. The molecule has 1 aromatic carbocycles. The minimum atomic E-state index is 0.458. The van der Waals surface area contributed by atoms with Gasteiger partial charge in [-0.05, 0) is 31.7 Å². The molecule has 2 nitrogen and oxygen atoms in total. The minimum absolute atomic E-state index is 0.458. The molecule has 2 heteroatoms. The van der Waals surface area contributed by atoms with Crippen molar-refractivity contribution in [1.29, 1.82) is 0 Å². The molecule has 0 bridgehead atoms. The van der Waals surface area contributed by atoms with E-state index in [-0.39, 0.29) is 0 Å². The van der Waals surface area contributed by atoms with E-state index in [0.29, 0.717) is 12.1 Å². The van der Waals surface area contributed by atoms with Gasteiger partial charge >= 0.3 is 0 Å². The first-order valence-electron chi connectivity index (χ1n) is 8.22. The number of nitrogens with zero attached hydrogens (tertiary/aromatic N) is 1. The molecule has 2 unspecified atom stereocenters. The first-order chi connectivity index (χ1) is 10.1. The highest BCUT2D eigenvalue weighted by atomic mass is 15.2. The Balaban J connectivity index is 2.06. The highest BCUT2D eigenvalue weighted by molar-refractivity contribution is 5.20. The second-order valence-corrected chi connectivity index (χ2v) is 6.89. The summed E-state index contributed by atoms with van der Waals surface area (Å²) in [6, 6.07) is 11.9. The second-order valence-electron chi connectivity index (χ2n) is 6.89. The number of hydrogen-bond donors (Lipinski definition) is 1. The minimum Gasteiger partial charge on any atom is -0.307 e. The van der Waals surface area contributed by atoms with E-state index in [1.807, 2.05) is 0 Å². The van der Waals surface area contributed by atoms with Crippen molar-refractivity contribution in [3.63, 3.8) is 0 Å². The average Bonchev–Trinajstić information content (AvgIpc) is 2.46. The Morgan fingerprint density at radius 3 is 2.62 bits per heavy atom. The fourth-order valence-corrected chi connectivity index (χ4v) is 3.06. The van der Waals surface area contributed by atoms with Crippen LogP contribution in [0.2, 0.25) is 0 Å². The van der Waals surface area contributed by atoms with Crippen molar-refractivity contribution in [3.05, 3.63) is 47.5 Å². The van der Waals surface area contributed by atoms with Crippen molar-refractivity contribution < 1.29 is 0 Å². The number of hydrogen-bond acceptors (Lipinski definition) is 2. The number of nitrogens with one attached hydrogen (secondary N) is 1. The average molecular weight is 286 g/mol. The fourth-order valence-electron chi connectivity index (χ4n) is 3.06. The van der Waals surface area contributed by atoms with Crippen molar-refractivity contribution in [2.75, 3.05) is 19.6 Å². The number of piperazine rings is 1. The summed E-state index contributed by atoms with van der Waals surface area (Å²) in [7, 11) is 0. The van der Waals surface area contributed by atoms with Crippen molar-refractivity contribution in [2.45, 2.75) is 46.2 Å². The zero-order valence-electron chi connectivity index (χ0n) is 14.0. The summed E-state index contributed by atoms with van der Waals surface area (Å²) in [4.78, 5) is 2.65. The van der Waals surface area contributed by atoms with E-state index in [2.05, 4.69) is 74.3 Å². The third kappa shape index (κ3) is 4.98. The van der Waals surface area contributed by atoms with E-state index >= 15 is 0 Å². The van der Waals surface area contributed by atoms with Crippen molar-refractivity contribution in [1.82, 2.24) is 10.2 Å². The van der Waals surface area contributed by atoms with Gasteiger partial charge in [0.1, 0.15) is 0 Å². The van der Waals surface area contributed by atoms with E-state index in [0.717, 1.165) is 25.6 Å². The van der Waals surface area contributed by atoms with E-state index in [4.69, 9.17) is 0 Å². The third-order valence-corrected chi connectivity index (χ3v) is 4.21. The van der Waals surface area contributed by atoms with E-state index in [9.17, 15) is 0 Å². The zero-order valence-corrected chi connectivity index (χ0v) is 14.0. The molecule has 21 heavy (non-hydrogen) atoms. The summed E-state index contributed by atoms with van der Waals surface area (Å²) in [5.41, 5.74) is 2.82. The van der Waals surface area contributed by atoms with Crippen LogP contribution in [0.4, 0.5) is 0 Å². The molecule has 2 rings (SSSR count). The van der Waals surface area contributed by atoms with Gasteiger partial charge in [0.05, 0.1) is 0 Å². The molecule has 0 radical (unpaired) electrons. The van der Waals surface area contributed by atoms with Gasteiger partial charge in [0.25, 0.3) is 0 Å². The maximum Gasteiger partial charge on any atom is 0.0450 e. The van der Waals surface area contributed by atoms with Gasteiger partial charge in [-0.3, -0.25) is 4.90 Å². The highest BCUT2D eigenvalue weighted by Gasteiger charge is 2.28. The Kier molecular flexibility index (Phi) is 6.01. The number of rotatable bonds is 5. The summed E-state index contributed by atoms with van der Waals surface area (Å²) in [6.07, 6.45) is 3.63. The molecule has 1 aromatic rings. The molecule has 0 aliphatic carbocycles. The molecule has 0 spiro atoms. The monoisotopic (exact) mass is 286 g/mol. The van der Waals surface area contributed by atoms with Gasteiger partial charge in [0.2, 0.25) is 0 Å². The SMILES string of the molecule is CC(C)=CCN1CC(c2ccccc2)NCC1CC(C)C. The first kappa shape index (κ1) is 16.3. The maximum atomic E-state index is 3.75. The molecular weight excluding hydrogens is 256 g/mol. The van der Waals surface area contributed by atoms with Gasteiger partial charge in [-0.15, -0.1) is 0 Å². The van der Waals surface area contributed by atoms with Gasteiger partial charge in [0, 0.05) is 31.7 Å². The van der Waals surface area contributed by atoms with Crippen molar-refractivity contribution in [2.24, 2.45) is 5.92 Å². The molecule has 1 aliphatic rings. The van der Waals surface area contributed by atoms with Crippen LogP contribution in [0.5, 0.6) is 0 Å². The van der Waals surface area contributed by atoms with E-state index < -0.39 is 0 Å². The van der Waals surface area contributed by atoms with Crippen LogP contribution in [0.1, 0.15) is 45.7 Å². The van der Waals surface area contributed by atoms with Crippen molar-refractivity contribution >= 4 is 0 Å². The number of benzene rings is 1. The Hall–Kier alpha value is -1.12. The topological polar surface area (TPSA) is 15.3 Å². The summed E-state index contributed by atoms with van der Waals surface area (Å²) >= 11 is 0. The number of allylic oxidation sites excluding steroid dienone is 1. The van der Waals surface area contributed by atoms with Gasteiger partial charge in [-0.2, -0.15) is 0 Å². The lowest BCUT2D eigenvalue weighted by atomic mass is 9.96. The lowest BCUT2D eigenvalue weighted by Crippen LogP contribution is -2.53. The van der Waals surface area contributed by atoms with Crippen LogP contribution < -0.4 is 5.32 Å². The first-order valence-corrected chi connectivity index (χ1v) is 8.22. The third-order valence-electron chi connectivity index (χ3n) is 4.21. The Morgan fingerprint density at radius 2 is 2.00 bits per heavy atom. The zero-order chi connectivity index (χ0) is 15.2. The summed E-state index contributed by atoms with van der Waals surface area (Å²) in [5, 5.41) is 3.75. The quantitative estimate of drug-likeness (QED) is 0.823. The molecule has 1 saturated heterocycles. The Morgan fingerprint density at radius 1 is 1.29 bits per heavy atom. The molecule has 0 aromatic heterocycles. The van der Waals surface area contributed by atoms with Crippen LogP contribution in [0.3, 0.4) is 0 Å². The van der Waals surface area contributed by atoms with E-state index in [1.165, 1.54) is 17.6 Å². The molecule has 1 aliphatic heterocycles. The second kappa shape index (κ2) is 7.77. The van der Waals surface area contributed by atoms with Crippen LogP contribution in [-0.2, 0) is 0 Å². The largest absolute Gasteiger partial charge is 0.307 e. The van der Waals surface area contributed by atoms with Crippen LogP contribution >= 0.6 is 0 Å². The predicted molar refractivity (Wildman–Crippen MR) is 91.4 cm³/mol. The van der Waals surface area contributed by atoms with Gasteiger partial charge < -0.3 is 5.32 Å². The van der Waals surface area contributed by atoms with Crippen LogP contribution in [0.15, 0.2) is 42.0 Å². The van der Waals surface area contributed by atoms with Gasteiger partial charge in [0.15, 0.2) is 0 Å². The lowest BCUT2D eigenvalue weighted by Gasteiger charge is -2.41. The normalized spacial score (nSPS) is 23.3. The van der Waals surface area contributed by atoms with Crippen LogP contribution in [0.25, 0.3) is 0 Å². The lowest BCUT2D eigenvalue weighted by molar-refractivity contribution is 0.127. The summed E-state index contributed by atoms with van der Waals surface area (Å²) in [5.74, 6) is 0.749. The standard InChI is InChI=1S/C19H30N2/c1-15(2)10-11-21-14-19(17-8-6-5-7-9-17)20-13-18(21)12-16(3)4/h5-10,16,18-20H,11-14H2,1-4H3. The van der Waals surface area contributed by atoms with Crippen molar-refractivity contribution in [3.8, 4) is 0 Å². The summed E-state index contributed by atoms with van der Waals surface area (Å²) in [6.45, 7) is 12.3. The molecule has 0 saturated carbocycles. The molecule has 1 heterocycles.